The number of ether oxygens (including phenoxy) is 1. The van der Waals surface area contributed by atoms with E-state index in [9.17, 15) is 4.79 Å². The van der Waals surface area contributed by atoms with Gasteiger partial charge in [-0.25, -0.2) is 14.8 Å². The Labute approximate surface area is 192 Å². The van der Waals surface area contributed by atoms with Crippen LogP contribution in [0.2, 0.25) is 0 Å². The second-order valence-electron chi connectivity index (χ2n) is 8.79. The Morgan fingerprint density at radius 2 is 1.76 bits per heavy atom. The number of fused-ring (bicyclic) bond motifs is 1. The van der Waals surface area contributed by atoms with E-state index in [1.165, 1.54) is 23.6 Å². The Hall–Kier alpha value is -3.33. The van der Waals surface area contributed by atoms with Crippen LogP contribution in [-0.4, -0.2) is 63.4 Å². The van der Waals surface area contributed by atoms with Gasteiger partial charge in [-0.1, -0.05) is 0 Å². The molecule has 3 aromatic rings. The van der Waals surface area contributed by atoms with Crippen molar-refractivity contribution in [3.05, 3.63) is 48.0 Å². The molecule has 1 saturated carbocycles. The molecular formula is C24H28N6O3. The highest BCUT2D eigenvalue weighted by Gasteiger charge is 2.24. The largest absolute Gasteiger partial charge is 0.478 e. The zero-order chi connectivity index (χ0) is 22.6. The fraction of sp³-hybridized carbons (Fsp3) is 0.458. The van der Waals surface area contributed by atoms with Crippen molar-refractivity contribution in [3.63, 3.8) is 0 Å². The molecular weight excluding hydrogens is 420 g/mol. The number of hydrogen-bond acceptors (Lipinski definition) is 8. The Morgan fingerprint density at radius 1 is 1.03 bits per heavy atom. The predicted molar refractivity (Wildman–Crippen MR) is 125 cm³/mol. The van der Waals surface area contributed by atoms with Crippen LogP contribution < -0.4 is 10.2 Å². The highest BCUT2D eigenvalue weighted by molar-refractivity contribution is 5.86. The van der Waals surface area contributed by atoms with E-state index in [0.29, 0.717) is 17.9 Å². The monoisotopic (exact) mass is 448 g/mol. The summed E-state index contributed by atoms with van der Waals surface area (Å²) in [5, 5.41) is 12.3. The van der Waals surface area contributed by atoms with Gasteiger partial charge < -0.3 is 20.1 Å². The minimum atomic E-state index is -1.02. The molecule has 1 saturated heterocycles. The molecule has 1 aromatic carbocycles. The second-order valence-corrected chi connectivity index (χ2v) is 8.79. The summed E-state index contributed by atoms with van der Waals surface area (Å²) in [5.41, 5.74) is 4.53. The van der Waals surface area contributed by atoms with Gasteiger partial charge in [0.05, 0.1) is 29.8 Å². The van der Waals surface area contributed by atoms with Crippen LogP contribution in [-0.2, 0) is 11.2 Å². The smallest absolute Gasteiger partial charge is 0.338 e. The first-order valence-corrected chi connectivity index (χ1v) is 11.5. The van der Waals surface area contributed by atoms with E-state index >= 15 is 0 Å². The number of aromatic carboxylic acids is 1. The van der Waals surface area contributed by atoms with Crippen molar-refractivity contribution in [1.29, 1.82) is 0 Å². The maximum absolute atomic E-state index is 11.0. The van der Waals surface area contributed by atoms with Gasteiger partial charge in [0.1, 0.15) is 0 Å². The Morgan fingerprint density at radius 3 is 2.48 bits per heavy atom. The van der Waals surface area contributed by atoms with Crippen LogP contribution in [0.1, 0.15) is 41.6 Å². The number of rotatable bonds is 6. The number of nitrogens with zero attached hydrogens (tertiary/aromatic N) is 5. The van der Waals surface area contributed by atoms with Crippen LogP contribution in [0, 0.1) is 5.92 Å². The van der Waals surface area contributed by atoms with Gasteiger partial charge in [0.15, 0.2) is 0 Å². The molecule has 33 heavy (non-hydrogen) atoms. The van der Waals surface area contributed by atoms with E-state index in [-0.39, 0.29) is 5.56 Å². The molecule has 2 aromatic heterocycles. The number of hydrogen-bond donors (Lipinski definition) is 2. The van der Waals surface area contributed by atoms with E-state index < -0.39 is 5.97 Å². The normalized spacial score (nSPS) is 21.2. The number of benzene rings is 1. The molecule has 0 amide bonds. The summed E-state index contributed by atoms with van der Waals surface area (Å²) in [5.74, 6) is 0.0587. The average Bonchev–Trinajstić information content (AvgIpc) is 2.86. The van der Waals surface area contributed by atoms with Gasteiger partial charge in [-0.2, -0.15) is 0 Å². The van der Waals surface area contributed by atoms with E-state index in [1.807, 2.05) is 0 Å². The van der Waals surface area contributed by atoms with Gasteiger partial charge in [0.25, 0.3) is 0 Å². The van der Waals surface area contributed by atoms with Crippen LogP contribution in [0.25, 0.3) is 11.0 Å². The number of anilines is 2. The Balaban J connectivity index is 1.24. The first kappa shape index (κ1) is 21.5. The molecule has 0 spiro atoms. The van der Waals surface area contributed by atoms with E-state index in [1.54, 1.807) is 12.4 Å². The predicted octanol–water partition coefficient (Wildman–Crippen LogP) is 3.17. The summed E-state index contributed by atoms with van der Waals surface area (Å²) < 4.78 is 5.52. The fourth-order valence-corrected chi connectivity index (χ4v) is 4.81. The molecule has 1 aliphatic carbocycles. The molecule has 172 valence electrons. The highest BCUT2D eigenvalue weighted by Crippen LogP contribution is 2.32. The minimum absolute atomic E-state index is 0.0962. The number of morpholine rings is 1. The van der Waals surface area contributed by atoms with E-state index in [0.717, 1.165) is 69.4 Å². The summed E-state index contributed by atoms with van der Waals surface area (Å²) in [4.78, 5) is 30.8. The molecule has 0 unspecified atom stereocenters. The molecule has 2 N–H and O–H groups in total. The van der Waals surface area contributed by atoms with Crippen molar-refractivity contribution in [3.8, 4) is 0 Å². The number of carboxylic acids is 1. The fourth-order valence-electron chi connectivity index (χ4n) is 4.81. The molecule has 2 aliphatic rings. The lowest BCUT2D eigenvalue weighted by Crippen LogP contribution is -2.36. The molecule has 3 heterocycles. The van der Waals surface area contributed by atoms with Crippen molar-refractivity contribution in [2.45, 2.75) is 38.1 Å². The Kier molecular flexibility index (Phi) is 6.30. The molecule has 0 radical (unpaired) electrons. The van der Waals surface area contributed by atoms with Gasteiger partial charge in [-0.05, 0) is 55.7 Å². The summed E-state index contributed by atoms with van der Waals surface area (Å²) in [6.45, 7) is 3.32. The zero-order valence-corrected chi connectivity index (χ0v) is 18.5. The Bertz CT molecular complexity index is 1110. The average molecular weight is 449 g/mol. The zero-order valence-electron chi connectivity index (χ0n) is 18.5. The van der Waals surface area contributed by atoms with Crippen LogP contribution in [0.3, 0.4) is 0 Å². The summed E-state index contributed by atoms with van der Waals surface area (Å²) in [6.07, 6.45) is 11.5. The number of carbonyl (C=O) groups is 1. The third-order valence-corrected chi connectivity index (χ3v) is 6.60. The SMILES string of the molecule is O=C(O)c1cnc(NC2CCC(Cc3cc(N4CCOCC4)cc4nccnc34)CC2)nc1. The lowest BCUT2D eigenvalue weighted by Gasteiger charge is -2.31. The van der Waals surface area contributed by atoms with Gasteiger partial charge in [-0.15, -0.1) is 0 Å². The van der Waals surface area contributed by atoms with Gasteiger partial charge in [0, 0.05) is 49.6 Å². The second kappa shape index (κ2) is 9.66. The molecule has 9 nitrogen and oxygen atoms in total. The maximum Gasteiger partial charge on any atom is 0.338 e. The third kappa shape index (κ3) is 5.03. The maximum atomic E-state index is 11.0. The summed E-state index contributed by atoms with van der Waals surface area (Å²) in [6, 6.07) is 4.74. The van der Waals surface area contributed by atoms with Gasteiger partial charge in [0.2, 0.25) is 5.95 Å². The third-order valence-electron chi connectivity index (χ3n) is 6.60. The van der Waals surface area contributed by atoms with Crippen LogP contribution in [0.5, 0.6) is 0 Å². The summed E-state index contributed by atoms with van der Waals surface area (Å²) in [7, 11) is 0. The van der Waals surface area contributed by atoms with E-state index in [2.05, 4.69) is 42.3 Å². The number of nitrogens with one attached hydrogen (secondary N) is 1. The van der Waals surface area contributed by atoms with Crippen LogP contribution >= 0.6 is 0 Å². The first-order chi connectivity index (χ1) is 16.2. The highest BCUT2D eigenvalue weighted by atomic mass is 16.5. The summed E-state index contributed by atoms with van der Waals surface area (Å²) >= 11 is 0. The van der Waals surface area contributed by atoms with E-state index in [4.69, 9.17) is 9.84 Å². The van der Waals surface area contributed by atoms with Gasteiger partial charge in [-0.3, -0.25) is 9.97 Å². The molecule has 9 heteroatoms. The molecule has 5 rings (SSSR count). The van der Waals surface area contributed by atoms with Gasteiger partial charge >= 0.3 is 5.97 Å². The minimum Gasteiger partial charge on any atom is -0.478 e. The van der Waals surface area contributed by atoms with Crippen LogP contribution in [0.4, 0.5) is 11.6 Å². The van der Waals surface area contributed by atoms with Crippen molar-refractivity contribution in [2.75, 3.05) is 36.5 Å². The molecule has 2 fully saturated rings. The lowest BCUT2D eigenvalue weighted by molar-refractivity contribution is 0.0696. The number of aromatic nitrogens is 4. The number of carboxylic acid groups (broad SMARTS) is 1. The molecule has 1 aliphatic heterocycles. The van der Waals surface area contributed by atoms with Crippen LogP contribution in [0.15, 0.2) is 36.9 Å². The first-order valence-electron chi connectivity index (χ1n) is 11.5. The standard InChI is InChI=1S/C24H28N6O3/c31-23(32)18-14-27-24(28-15-18)29-19-3-1-16(2-4-19)11-17-12-20(30-7-9-33-10-8-30)13-21-22(17)26-6-5-25-21/h5-6,12-16,19H,1-4,7-11H2,(H,31,32)(H,27,28,29). The quantitative estimate of drug-likeness (QED) is 0.587. The molecule has 0 bridgehead atoms. The molecule has 0 atom stereocenters. The van der Waals surface area contributed by atoms with Crippen molar-refractivity contribution in [1.82, 2.24) is 19.9 Å². The van der Waals surface area contributed by atoms with Crippen molar-refractivity contribution >= 4 is 28.6 Å². The van der Waals surface area contributed by atoms with Crippen molar-refractivity contribution in [2.24, 2.45) is 5.92 Å². The van der Waals surface area contributed by atoms with Crippen molar-refractivity contribution < 1.29 is 14.6 Å². The topological polar surface area (TPSA) is 113 Å². The lowest BCUT2D eigenvalue weighted by atomic mass is 9.82.